The Balaban J connectivity index is 1.92. The predicted octanol–water partition coefficient (Wildman–Crippen LogP) is -0.190. The minimum atomic E-state index is -0.277. The second kappa shape index (κ2) is 7.05. The van der Waals surface area contributed by atoms with E-state index in [1.165, 1.54) is 7.11 Å². The molecule has 0 aliphatic heterocycles. The summed E-state index contributed by atoms with van der Waals surface area (Å²) in [6.07, 6.45) is -0.0590. The zero-order valence-electron chi connectivity index (χ0n) is 12.0. The monoisotopic (exact) mass is 292 g/mol. The molecule has 1 amide bonds. The van der Waals surface area contributed by atoms with E-state index >= 15 is 0 Å². The lowest BCUT2D eigenvalue weighted by atomic mass is 10.2. The number of hydrogen-bond acceptors (Lipinski definition) is 4. The highest BCUT2D eigenvalue weighted by Gasteiger charge is 2.11. The first-order valence-electron chi connectivity index (χ1n) is 6.82. The SMILES string of the molecule is COC(CN)CC(=O)NCCn1c(=O)[nH]c2ccccc21. The van der Waals surface area contributed by atoms with Gasteiger partial charge in [-0.15, -0.1) is 0 Å². The van der Waals surface area contributed by atoms with Crippen LogP contribution in [0, 0.1) is 0 Å². The van der Waals surface area contributed by atoms with Crippen LogP contribution in [0.15, 0.2) is 29.1 Å². The van der Waals surface area contributed by atoms with Gasteiger partial charge >= 0.3 is 5.69 Å². The normalized spacial score (nSPS) is 12.5. The summed E-state index contributed by atoms with van der Waals surface area (Å²) in [4.78, 5) is 26.3. The van der Waals surface area contributed by atoms with Gasteiger partial charge in [0, 0.05) is 26.7 Å². The Labute approximate surface area is 122 Å². The van der Waals surface area contributed by atoms with Crippen molar-refractivity contribution in [2.24, 2.45) is 5.73 Å². The molecule has 1 aromatic carbocycles. The molecular formula is C14H20N4O3. The van der Waals surface area contributed by atoms with Gasteiger partial charge in [-0.05, 0) is 12.1 Å². The fraction of sp³-hybridized carbons (Fsp3) is 0.429. The van der Waals surface area contributed by atoms with Gasteiger partial charge in [-0.1, -0.05) is 12.1 Å². The van der Waals surface area contributed by atoms with Crippen LogP contribution in [0.1, 0.15) is 6.42 Å². The summed E-state index contributed by atoms with van der Waals surface area (Å²) < 4.78 is 6.66. The van der Waals surface area contributed by atoms with Crippen molar-refractivity contribution in [3.8, 4) is 0 Å². The van der Waals surface area contributed by atoms with Gasteiger partial charge in [-0.25, -0.2) is 4.79 Å². The molecule has 7 nitrogen and oxygen atoms in total. The molecule has 0 saturated carbocycles. The fourth-order valence-corrected chi connectivity index (χ4v) is 2.18. The second-order valence-electron chi connectivity index (χ2n) is 4.75. The highest BCUT2D eigenvalue weighted by atomic mass is 16.5. The molecule has 0 fully saturated rings. The van der Waals surface area contributed by atoms with E-state index < -0.39 is 0 Å². The number of benzene rings is 1. The van der Waals surface area contributed by atoms with Gasteiger partial charge in [0.2, 0.25) is 5.91 Å². The Morgan fingerprint density at radius 1 is 1.48 bits per heavy atom. The van der Waals surface area contributed by atoms with Crippen LogP contribution >= 0.6 is 0 Å². The topological polar surface area (TPSA) is 102 Å². The van der Waals surface area contributed by atoms with E-state index in [0.717, 1.165) is 11.0 Å². The maximum Gasteiger partial charge on any atom is 0.326 e. The Morgan fingerprint density at radius 3 is 2.95 bits per heavy atom. The van der Waals surface area contributed by atoms with Crippen molar-refractivity contribution in [2.75, 3.05) is 20.2 Å². The smallest absolute Gasteiger partial charge is 0.326 e. The van der Waals surface area contributed by atoms with E-state index in [2.05, 4.69) is 10.3 Å². The van der Waals surface area contributed by atoms with Crippen LogP contribution in [-0.4, -0.2) is 41.8 Å². The number of carbonyl (C=O) groups excluding carboxylic acids is 1. The molecule has 21 heavy (non-hydrogen) atoms. The van der Waals surface area contributed by atoms with E-state index in [1.807, 2.05) is 24.3 Å². The molecule has 1 unspecified atom stereocenters. The summed E-state index contributed by atoms with van der Waals surface area (Å²) in [6.45, 7) is 1.09. The second-order valence-corrected chi connectivity index (χ2v) is 4.75. The summed E-state index contributed by atoms with van der Waals surface area (Å²) in [7, 11) is 1.52. The van der Waals surface area contributed by atoms with Gasteiger partial charge in [-0.3, -0.25) is 9.36 Å². The number of carbonyl (C=O) groups is 1. The maximum absolute atomic E-state index is 11.8. The van der Waals surface area contributed by atoms with Gasteiger partial charge in [0.1, 0.15) is 0 Å². The van der Waals surface area contributed by atoms with Gasteiger partial charge in [-0.2, -0.15) is 0 Å². The average molecular weight is 292 g/mol. The molecule has 0 radical (unpaired) electrons. The number of nitrogens with two attached hydrogens (primary N) is 1. The van der Waals surface area contributed by atoms with Crippen LogP contribution in [0.4, 0.5) is 0 Å². The minimum absolute atomic E-state index is 0.139. The molecular weight excluding hydrogens is 272 g/mol. The summed E-state index contributed by atoms with van der Waals surface area (Å²) in [6, 6.07) is 7.44. The van der Waals surface area contributed by atoms with Crippen molar-refractivity contribution in [3.05, 3.63) is 34.7 Å². The number of hydrogen-bond donors (Lipinski definition) is 3. The largest absolute Gasteiger partial charge is 0.380 e. The van der Waals surface area contributed by atoms with E-state index in [4.69, 9.17) is 10.5 Å². The maximum atomic E-state index is 11.8. The lowest BCUT2D eigenvalue weighted by Gasteiger charge is -2.12. The molecule has 1 heterocycles. The summed E-state index contributed by atoms with van der Waals surface area (Å²) >= 11 is 0. The van der Waals surface area contributed by atoms with Gasteiger partial charge in [0.05, 0.1) is 23.6 Å². The molecule has 0 spiro atoms. The Kier molecular flexibility index (Phi) is 5.13. The summed E-state index contributed by atoms with van der Waals surface area (Å²) in [5.74, 6) is -0.139. The number of ether oxygens (including phenoxy) is 1. The minimum Gasteiger partial charge on any atom is -0.380 e. The molecule has 4 N–H and O–H groups in total. The van der Waals surface area contributed by atoms with E-state index in [-0.39, 0.29) is 24.1 Å². The lowest BCUT2D eigenvalue weighted by molar-refractivity contribution is -0.123. The molecule has 7 heteroatoms. The van der Waals surface area contributed by atoms with Crippen molar-refractivity contribution in [3.63, 3.8) is 0 Å². The van der Waals surface area contributed by atoms with Gasteiger partial charge in [0.25, 0.3) is 0 Å². The predicted molar refractivity (Wildman–Crippen MR) is 80.0 cm³/mol. The van der Waals surface area contributed by atoms with E-state index in [9.17, 15) is 9.59 Å². The Bertz CT molecular complexity index is 658. The Hall–Kier alpha value is -2.12. The van der Waals surface area contributed by atoms with Crippen LogP contribution in [0.2, 0.25) is 0 Å². The number of H-pyrrole nitrogens is 1. The lowest BCUT2D eigenvalue weighted by Crippen LogP contribution is -2.34. The van der Waals surface area contributed by atoms with E-state index in [0.29, 0.717) is 19.6 Å². The number of aromatic amines is 1. The summed E-state index contributed by atoms with van der Waals surface area (Å²) in [5.41, 5.74) is 6.90. The highest BCUT2D eigenvalue weighted by Crippen LogP contribution is 2.08. The Morgan fingerprint density at radius 2 is 2.24 bits per heavy atom. The molecule has 0 aliphatic rings. The molecule has 0 aliphatic carbocycles. The molecule has 2 aromatic rings. The molecule has 114 valence electrons. The third-order valence-corrected chi connectivity index (χ3v) is 3.35. The first-order valence-corrected chi connectivity index (χ1v) is 6.82. The number of fused-ring (bicyclic) bond motifs is 1. The zero-order valence-corrected chi connectivity index (χ0v) is 12.0. The number of nitrogens with one attached hydrogen (secondary N) is 2. The van der Waals surface area contributed by atoms with Crippen LogP contribution < -0.4 is 16.7 Å². The molecule has 0 bridgehead atoms. The number of rotatable bonds is 7. The first-order chi connectivity index (χ1) is 10.2. The quantitative estimate of drug-likeness (QED) is 0.658. The number of nitrogens with zero attached hydrogens (tertiary/aromatic N) is 1. The first kappa shape index (κ1) is 15.3. The molecule has 0 saturated heterocycles. The number of para-hydroxylation sites is 2. The molecule has 2 rings (SSSR count). The zero-order chi connectivity index (χ0) is 15.2. The van der Waals surface area contributed by atoms with Crippen molar-refractivity contribution in [1.82, 2.24) is 14.9 Å². The van der Waals surface area contributed by atoms with Crippen LogP contribution in [0.25, 0.3) is 11.0 Å². The van der Waals surface area contributed by atoms with Crippen LogP contribution in [0.5, 0.6) is 0 Å². The number of methoxy groups -OCH3 is 1. The van der Waals surface area contributed by atoms with Crippen molar-refractivity contribution in [1.29, 1.82) is 0 Å². The number of aromatic nitrogens is 2. The third-order valence-electron chi connectivity index (χ3n) is 3.35. The molecule has 1 aromatic heterocycles. The van der Waals surface area contributed by atoms with Crippen molar-refractivity contribution in [2.45, 2.75) is 19.1 Å². The summed E-state index contributed by atoms with van der Waals surface area (Å²) in [5, 5.41) is 2.76. The number of imidazole rings is 1. The van der Waals surface area contributed by atoms with Crippen LogP contribution in [0.3, 0.4) is 0 Å². The van der Waals surface area contributed by atoms with Crippen molar-refractivity contribution < 1.29 is 9.53 Å². The van der Waals surface area contributed by atoms with Gasteiger partial charge < -0.3 is 20.8 Å². The standard InChI is InChI=1S/C14H20N4O3/c1-21-10(9-15)8-13(19)16-6-7-18-12-5-3-2-4-11(12)17-14(18)20/h2-5,10H,6-9,15H2,1H3,(H,16,19)(H,17,20). The van der Waals surface area contributed by atoms with E-state index in [1.54, 1.807) is 4.57 Å². The fourth-order valence-electron chi connectivity index (χ4n) is 2.18. The van der Waals surface area contributed by atoms with Crippen LogP contribution in [-0.2, 0) is 16.1 Å². The molecule has 1 atom stereocenters. The third kappa shape index (κ3) is 3.71. The average Bonchev–Trinajstić information content (AvgIpc) is 2.81. The number of amides is 1. The van der Waals surface area contributed by atoms with Crippen molar-refractivity contribution >= 4 is 16.9 Å². The highest BCUT2D eigenvalue weighted by molar-refractivity contribution is 5.76. The van der Waals surface area contributed by atoms with Gasteiger partial charge in [0.15, 0.2) is 0 Å².